The normalized spacial score (nSPS) is 16.5. The standard InChI is InChI=1S/C15H20N2O2S/c1-17-9-7-12(8-10-17)16-15(19)14-6-5-13(20-14)4-2-3-11-18/h5-6,12,18H,3,7-11H2,1H3,(H,16,19). The summed E-state index contributed by atoms with van der Waals surface area (Å²) >= 11 is 1.40. The first-order chi connectivity index (χ1) is 9.69. The molecule has 0 atom stereocenters. The third kappa shape index (κ3) is 4.34. The lowest BCUT2D eigenvalue weighted by molar-refractivity contribution is 0.0921. The Labute approximate surface area is 123 Å². The average molecular weight is 292 g/mol. The second kappa shape index (κ2) is 7.44. The van der Waals surface area contributed by atoms with Gasteiger partial charge >= 0.3 is 0 Å². The summed E-state index contributed by atoms with van der Waals surface area (Å²) in [5.74, 6) is 5.81. The van der Waals surface area contributed by atoms with Crippen molar-refractivity contribution in [1.29, 1.82) is 0 Å². The van der Waals surface area contributed by atoms with E-state index in [4.69, 9.17) is 5.11 Å². The lowest BCUT2D eigenvalue weighted by atomic mass is 10.1. The second-order valence-electron chi connectivity index (χ2n) is 4.99. The van der Waals surface area contributed by atoms with Gasteiger partial charge in [0.15, 0.2) is 0 Å². The molecule has 2 rings (SSSR count). The van der Waals surface area contributed by atoms with E-state index >= 15 is 0 Å². The van der Waals surface area contributed by atoms with Crippen molar-refractivity contribution < 1.29 is 9.90 Å². The van der Waals surface area contributed by atoms with Gasteiger partial charge < -0.3 is 15.3 Å². The molecule has 0 aliphatic carbocycles. The molecule has 108 valence electrons. The average Bonchev–Trinajstić information content (AvgIpc) is 2.91. The van der Waals surface area contributed by atoms with E-state index in [1.54, 1.807) is 0 Å². The number of aliphatic hydroxyl groups excluding tert-OH is 1. The van der Waals surface area contributed by atoms with Crippen LogP contribution in [-0.4, -0.2) is 48.7 Å². The maximum atomic E-state index is 12.1. The van der Waals surface area contributed by atoms with Crippen LogP contribution in [0.15, 0.2) is 12.1 Å². The molecule has 0 aromatic carbocycles. The van der Waals surface area contributed by atoms with Crippen LogP contribution in [0.25, 0.3) is 0 Å². The molecule has 1 aromatic rings. The summed E-state index contributed by atoms with van der Waals surface area (Å²) in [5, 5.41) is 11.8. The zero-order valence-corrected chi connectivity index (χ0v) is 12.5. The van der Waals surface area contributed by atoms with Crippen LogP contribution in [0.4, 0.5) is 0 Å². The lowest BCUT2D eigenvalue weighted by Crippen LogP contribution is -2.43. The van der Waals surface area contributed by atoms with Gasteiger partial charge in [-0.3, -0.25) is 4.79 Å². The first-order valence-corrected chi connectivity index (χ1v) is 7.69. The Morgan fingerprint density at radius 3 is 2.95 bits per heavy atom. The van der Waals surface area contributed by atoms with Gasteiger partial charge in [0, 0.05) is 12.5 Å². The van der Waals surface area contributed by atoms with Crippen LogP contribution in [-0.2, 0) is 0 Å². The van der Waals surface area contributed by atoms with Gasteiger partial charge in [-0.15, -0.1) is 11.3 Å². The number of carbonyl (C=O) groups is 1. The van der Waals surface area contributed by atoms with Gasteiger partial charge in [0.1, 0.15) is 0 Å². The highest BCUT2D eigenvalue weighted by Gasteiger charge is 2.19. The minimum Gasteiger partial charge on any atom is -0.395 e. The summed E-state index contributed by atoms with van der Waals surface area (Å²) in [6.07, 6.45) is 2.49. The molecule has 2 heterocycles. The molecule has 1 amide bonds. The van der Waals surface area contributed by atoms with Gasteiger partial charge in [0.05, 0.1) is 16.4 Å². The predicted octanol–water partition coefficient (Wildman–Crippen LogP) is 1.31. The van der Waals surface area contributed by atoms with Crippen molar-refractivity contribution in [1.82, 2.24) is 10.2 Å². The number of aliphatic hydroxyl groups is 1. The largest absolute Gasteiger partial charge is 0.395 e. The highest BCUT2D eigenvalue weighted by atomic mass is 32.1. The lowest BCUT2D eigenvalue weighted by Gasteiger charge is -2.29. The van der Waals surface area contributed by atoms with E-state index < -0.39 is 0 Å². The molecule has 0 saturated carbocycles. The van der Waals surface area contributed by atoms with E-state index in [2.05, 4.69) is 29.1 Å². The fraction of sp³-hybridized carbons (Fsp3) is 0.533. The maximum Gasteiger partial charge on any atom is 0.261 e. The van der Waals surface area contributed by atoms with Crippen molar-refractivity contribution >= 4 is 17.2 Å². The summed E-state index contributed by atoms with van der Waals surface area (Å²) in [4.78, 5) is 16.0. The van der Waals surface area contributed by atoms with Crippen LogP contribution in [0.2, 0.25) is 0 Å². The van der Waals surface area contributed by atoms with Crippen LogP contribution in [0, 0.1) is 11.8 Å². The van der Waals surface area contributed by atoms with E-state index in [-0.39, 0.29) is 18.6 Å². The van der Waals surface area contributed by atoms with Crippen LogP contribution in [0.3, 0.4) is 0 Å². The summed E-state index contributed by atoms with van der Waals surface area (Å²) in [6.45, 7) is 2.14. The second-order valence-corrected chi connectivity index (χ2v) is 6.07. The third-order valence-corrected chi connectivity index (χ3v) is 4.33. The number of likely N-dealkylation sites (tertiary alicyclic amines) is 1. The molecule has 4 nitrogen and oxygen atoms in total. The maximum absolute atomic E-state index is 12.1. The Morgan fingerprint density at radius 2 is 2.25 bits per heavy atom. The number of rotatable bonds is 3. The SMILES string of the molecule is CN1CCC(NC(=O)c2ccc(C#CCCO)s2)CC1. The molecule has 2 N–H and O–H groups in total. The third-order valence-electron chi connectivity index (χ3n) is 3.33. The number of piperidine rings is 1. The Hall–Kier alpha value is -1.35. The van der Waals surface area contributed by atoms with Gasteiger partial charge in [-0.1, -0.05) is 11.8 Å². The molecule has 0 radical (unpaired) electrons. The summed E-state index contributed by atoms with van der Waals surface area (Å²) < 4.78 is 0. The molecule has 1 aliphatic heterocycles. The van der Waals surface area contributed by atoms with Crippen molar-refractivity contribution in [3.63, 3.8) is 0 Å². The highest BCUT2D eigenvalue weighted by molar-refractivity contribution is 7.14. The zero-order valence-electron chi connectivity index (χ0n) is 11.7. The zero-order chi connectivity index (χ0) is 14.4. The molecule has 20 heavy (non-hydrogen) atoms. The number of hydrogen-bond acceptors (Lipinski definition) is 4. The monoisotopic (exact) mass is 292 g/mol. The van der Waals surface area contributed by atoms with E-state index in [0.717, 1.165) is 30.8 Å². The predicted molar refractivity (Wildman–Crippen MR) is 80.9 cm³/mol. The minimum atomic E-state index is -0.000221. The molecule has 0 spiro atoms. The number of carbonyl (C=O) groups excluding carboxylic acids is 1. The van der Waals surface area contributed by atoms with Crippen LogP contribution in [0.1, 0.15) is 33.8 Å². The van der Waals surface area contributed by atoms with Gasteiger partial charge in [-0.05, 0) is 45.1 Å². The fourth-order valence-corrected chi connectivity index (χ4v) is 2.93. The first kappa shape index (κ1) is 15.0. The first-order valence-electron chi connectivity index (χ1n) is 6.88. The van der Waals surface area contributed by atoms with E-state index in [1.165, 1.54) is 11.3 Å². The number of hydrogen-bond donors (Lipinski definition) is 2. The van der Waals surface area contributed by atoms with Crippen LogP contribution in [0.5, 0.6) is 0 Å². The number of nitrogens with one attached hydrogen (secondary N) is 1. The van der Waals surface area contributed by atoms with Gasteiger partial charge in [-0.2, -0.15) is 0 Å². The van der Waals surface area contributed by atoms with Gasteiger partial charge in [-0.25, -0.2) is 0 Å². The molecule has 1 saturated heterocycles. The number of amides is 1. The van der Waals surface area contributed by atoms with E-state index in [9.17, 15) is 4.79 Å². The summed E-state index contributed by atoms with van der Waals surface area (Å²) in [6, 6.07) is 3.96. The smallest absolute Gasteiger partial charge is 0.261 e. The Morgan fingerprint density at radius 1 is 1.50 bits per heavy atom. The molecular formula is C15H20N2O2S. The molecule has 1 aliphatic rings. The Balaban J connectivity index is 1.88. The van der Waals surface area contributed by atoms with Crippen LogP contribution < -0.4 is 5.32 Å². The van der Waals surface area contributed by atoms with Crippen molar-refractivity contribution in [3.8, 4) is 11.8 Å². The quantitative estimate of drug-likeness (QED) is 0.826. The Kier molecular flexibility index (Phi) is 5.60. The van der Waals surface area contributed by atoms with Crippen molar-refractivity contribution in [2.24, 2.45) is 0 Å². The molecule has 0 unspecified atom stereocenters. The van der Waals surface area contributed by atoms with E-state index in [1.807, 2.05) is 12.1 Å². The van der Waals surface area contributed by atoms with Crippen molar-refractivity contribution in [2.45, 2.75) is 25.3 Å². The van der Waals surface area contributed by atoms with Gasteiger partial charge in [0.2, 0.25) is 0 Å². The number of nitrogens with zero attached hydrogens (tertiary/aromatic N) is 1. The minimum absolute atomic E-state index is 0.000221. The van der Waals surface area contributed by atoms with Gasteiger partial charge in [0.25, 0.3) is 5.91 Å². The van der Waals surface area contributed by atoms with Crippen LogP contribution >= 0.6 is 11.3 Å². The highest BCUT2D eigenvalue weighted by Crippen LogP contribution is 2.16. The van der Waals surface area contributed by atoms with Crippen molar-refractivity contribution in [3.05, 3.63) is 21.9 Å². The molecular weight excluding hydrogens is 272 g/mol. The fourth-order valence-electron chi connectivity index (χ4n) is 2.14. The molecule has 1 aromatic heterocycles. The number of thiophene rings is 1. The summed E-state index contributed by atoms with van der Waals surface area (Å²) in [7, 11) is 2.11. The Bertz CT molecular complexity index is 507. The molecule has 0 bridgehead atoms. The molecule has 5 heteroatoms. The summed E-state index contributed by atoms with van der Waals surface area (Å²) in [5.41, 5.74) is 0. The van der Waals surface area contributed by atoms with Crippen molar-refractivity contribution in [2.75, 3.05) is 26.7 Å². The van der Waals surface area contributed by atoms with E-state index in [0.29, 0.717) is 11.3 Å². The topological polar surface area (TPSA) is 52.6 Å². The molecule has 1 fully saturated rings.